The highest BCUT2D eigenvalue weighted by molar-refractivity contribution is 8.03. The van der Waals surface area contributed by atoms with Crippen LogP contribution in [0.1, 0.15) is 44.2 Å². The molecule has 0 spiro atoms. The number of hydrogen-bond acceptors (Lipinski definition) is 6. The molecule has 0 aliphatic heterocycles. The third kappa shape index (κ3) is 6.01. The van der Waals surface area contributed by atoms with Crippen molar-refractivity contribution in [3.05, 3.63) is 35.9 Å². The Morgan fingerprint density at radius 3 is 2.64 bits per heavy atom. The van der Waals surface area contributed by atoms with E-state index >= 15 is 0 Å². The number of nitrogens with zero attached hydrogens (tertiary/aromatic N) is 2. The number of carbonyl (C=O) groups is 1. The Bertz CT molecular complexity index is 673. The molecule has 1 aromatic heterocycles. The Morgan fingerprint density at radius 2 is 1.96 bits per heavy atom. The highest BCUT2D eigenvalue weighted by Crippen LogP contribution is 2.41. The molecule has 0 radical (unpaired) electrons. The smallest absolute Gasteiger partial charge is 0.230 e. The van der Waals surface area contributed by atoms with Crippen molar-refractivity contribution in [2.45, 2.75) is 47.3 Å². The van der Waals surface area contributed by atoms with Gasteiger partial charge in [-0.3, -0.25) is 4.79 Å². The highest BCUT2D eigenvalue weighted by atomic mass is 32.2. The monoisotopic (exact) mass is 393 g/mol. The summed E-state index contributed by atoms with van der Waals surface area (Å²) in [4.78, 5) is 12.4. The molecule has 1 heterocycles. The summed E-state index contributed by atoms with van der Waals surface area (Å²) < 4.78 is 1.87. The molecule has 2 aromatic rings. The van der Waals surface area contributed by atoms with Crippen LogP contribution in [0.3, 0.4) is 0 Å². The lowest BCUT2D eigenvalue weighted by Gasteiger charge is -2.18. The van der Waals surface area contributed by atoms with E-state index in [9.17, 15) is 4.79 Å². The largest absolute Gasteiger partial charge is 0.348 e. The molecule has 1 fully saturated rings. The molecule has 1 unspecified atom stereocenters. The van der Waals surface area contributed by atoms with E-state index in [1.807, 2.05) is 18.2 Å². The third-order valence-electron chi connectivity index (χ3n) is 4.01. The highest BCUT2D eigenvalue weighted by Gasteiger charge is 2.33. The molecule has 1 aliphatic carbocycles. The van der Waals surface area contributed by atoms with Crippen LogP contribution in [-0.2, 0) is 4.79 Å². The Labute approximate surface area is 161 Å². The van der Waals surface area contributed by atoms with Gasteiger partial charge in [-0.05, 0) is 30.7 Å². The molecule has 4 nitrogen and oxygen atoms in total. The molecular weight excluding hydrogens is 370 g/mol. The molecule has 134 valence electrons. The van der Waals surface area contributed by atoms with Gasteiger partial charge in [-0.25, -0.2) is 0 Å². The molecule has 1 amide bonds. The summed E-state index contributed by atoms with van der Waals surface area (Å²) in [6.07, 6.45) is 4.78. The van der Waals surface area contributed by atoms with Crippen LogP contribution in [0.5, 0.6) is 0 Å². The number of thioether (sulfide) groups is 2. The molecular formula is C18H23N3OS3. The summed E-state index contributed by atoms with van der Waals surface area (Å²) in [6.45, 7) is 2.19. The van der Waals surface area contributed by atoms with E-state index in [0.29, 0.717) is 11.7 Å². The minimum absolute atomic E-state index is 0.0705. The topological polar surface area (TPSA) is 54.9 Å². The molecule has 1 aromatic carbocycles. The van der Waals surface area contributed by atoms with Gasteiger partial charge in [-0.15, -0.1) is 10.2 Å². The van der Waals surface area contributed by atoms with Crippen LogP contribution in [0.4, 0.5) is 0 Å². The first-order valence-electron chi connectivity index (χ1n) is 8.69. The van der Waals surface area contributed by atoms with Gasteiger partial charge in [0.25, 0.3) is 0 Å². The Balaban J connectivity index is 1.47. The fourth-order valence-electron chi connectivity index (χ4n) is 2.52. The lowest BCUT2D eigenvalue weighted by Crippen LogP contribution is -2.31. The second kappa shape index (κ2) is 9.59. The maximum absolute atomic E-state index is 12.4. The molecule has 1 atom stereocenters. The second-order valence-corrected chi connectivity index (χ2v) is 9.66. The summed E-state index contributed by atoms with van der Waals surface area (Å²) in [6, 6.07) is 10.4. The fraction of sp³-hybridized carbons (Fsp3) is 0.500. The number of nitrogens with one attached hydrogen (secondary N) is 1. The number of benzene rings is 1. The lowest BCUT2D eigenvalue weighted by molar-refractivity contribution is -0.119. The van der Waals surface area contributed by atoms with E-state index in [4.69, 9.17) is 0 Å². The van der Waals surface area contributed by atoms with Crippen molar-refractivity contribution < 1.29 is 4.79 Å². The SMILES string of the molecule is CCCCSc1nnc(SCC(=O)NC(c2ccccc2)C2CC2)s1. The van der Waals surface area contributed by atoms with Gasteiger partial charge in [0, 0.05) is 5.75 Å². The van der Waals surface area contributed by atoms with Gasteiger partial charge in [0.1, 0.15) is 0 Å². The van der Waals surface area contributed by atoms with Crippen molar-refractivity contribution in [2.75, 3.05) is 11.5 Å². The van der Waals surface area contributed by atoms with Crippen molar-refractivity contribution in [3.8, 4) is 0 Å². The zero-order chi connectivity index (χ0) is 17.5. The van der Waals surface area contributed by atoms with E-state index < -0.39 is 0 Å². The number of aromatic nitrogens is 2. The molecule has 25 heavy (non-hydrogen) atoms. The lowest BCUT2D eigenvalue weighted by atomic mass is 10.0. The minimum Gasteiger partial charge on any atom is -0.348 e. The quantitative estimate of drug-likeness (QED) is 0.464. The van der Waals surface area contributed by atoms with E-state index in [-0.39, 0.29) is 11.9 Å². The van der Waals surface area contributed by atoms with Crippen LogP contribution >= 0.6 is 34.9 Å². The molecule has 3 rings (SSSR count). The van der Waals surface area contributed by atoms with Gasteiger partial charge in [-0.2, -0.15) is 0 Å². The van der Waals surface area contributed by atoms with Crippen LogP contribution in [0.25, 0.3) is 0 Å². The predicted octanol–water partition coefficient (Wildman–Crippen LogP) is 4.79. The van der Waals surface area contributed by atoms with Crippen molar-refractivity contribution in [3.63, 3.8) is 0 Å². The molecule has 1 N–H and O–H groups in total. The Hall–Kier alpha value is -1.05. The van der Waals surface area contributed by atoms with Crippen LogP contribution in [0.15, 0.2) is 39.0 Å². The number of rotatable bonds is 10. The van der Waals surface area contributed by atoms with Crippen LogP contribution in [-0.4, -0.2) is 27.6 Å². The first-order chi connectivity index (χ1) is 12.3. The molecule has 1 saturated carbocycles. The van der Waals surface area contributed by atoms with Gasteiger partial charge in [-0.1, -0.05) is 78.5 Å². The number of carbonyl (C=O) groups excluding carboxylic acids is 1. The summed E-state index contributed by atoms with van der Waals surface area (Å²) >= 11 is 4.81. The van der Waals surface area contributed by atoms with Gasteiger partial charge in [0.05, 0.1) is 11.8 Å². The van der Waals surface area contributed by atoms with Gasteiger partial charge in [0.2, 0.25) is 5.91 Å². The summed E-state index contributed by atoms with van der Waals surface area (Å²) in [5.41, 5.74) is 1.20. The zero-order valence-corrected chi connectivity index (χ0v) is 16.8. The number of amides is 1. The van der Waals surface area contributed by atoms with Gasteiger partial charge < -0.3 is 5.32 Å². The van der Waals surface area contributed by atoms with E-state index in [1.54, 1.807) is 23.1 Å². The molecule has 7 heteroatoms. The summed E-state index contributed by atoms with van der Waals surface area (Å²) in [5, 5.41) is 11.6. The van der Waals surface area contributed by atoms with E-state index in [0.717, 1.165) is 14.4 Å². The van der Waals surface area contributed by atoms with Crippen LogP contribution < -0.4 is 5.32 Å². The first kappa shape index (κ1) is 18.7. The van der Waals surface area contributed by atoms with Gasteiger partial charge in [0.15, 0.2) is 8.68 Å². The van der Waals surface area contributed by atoms with Crippen LogP contribution in [0.2, 0.25) is 0 Å². The van der Waals surface area contributed by atoms with E-state index in [2.05, 4.69) is 34.6 Å². The zero-order valence-electron chi connectivity index (χ0n) is 14.3. The molecule has 0 saturated heterocycles. The fourth-order valence-corrected chi connectivity index (χ4v) is 5.51. The molecule has 0 bridgehead atoms. The summed E-state index contributed by atoms with van der Waals surface area (Å²) in [7, 11) is 0. The third-order valence-corrected chi connectivity index (χ3v) is 7.28. The molecule has 1 aliphatic rings. The Kier molecular flexibility index (Phi) is 7.19. The average Bonchev–Trinajstić information content (AvgIpc) is 3.38. The van der Waals surface area contributed by atoms with Crippen LogP contribution in [0, 0.1) is 5.92 Å². The Morgan fingerprint density at radius 1 is 1.24 bits per heavy atom. The standard InChI is InChI=1S/C18H23N3OS3/c1-2-3-11-23-17-20-21-18(25-17)24-12-15(22)19-16(14-9-10-14)13-7-5-4-6-8-13/h4-8,14,16H,2-3,9-12H2,1H3,(H,19,22). The first-order valence-corrected chi connectivity index (χ1v) is 11.5. The minimum atomic E-state index is 0.0705. The normalized spacial score (nSPS) is 15.1. The number of unbranched alkanes of at least 4 members (excludes halogenated alkanes) is 1. The van der Waals surface area contributed by atoms with E-state index in [1.165, 1.54) is 43.0 Å². The van der Waals surface area contributed by atoms with Crippen molar-refractivity contribution in [1.82, 2.24) is 15.5 Å². The summed E-state index contributed by atoms with van der Waals surface area (Å²) in [5.74, 6) is 2.13. The number of hydrogen-bond donors (Lipinski definition) is 1. The van der Waals surface area contributed by atoms with Crippen molar-refractivity contribution in [2.24, 2.45) is 5.92 Å². The van der Waals surface area contributed by atoms with Crippen molar-refractivity contribution >= 4 is 40.8 Å². The average molecular weight is 394 g/mol. The predicted molar refractivity (Wildman–Crippen MR) is 106 cm³/mol. The maximum Gasteiger partial charge on any atom is 0.230 e. The van der Waals surface area contributed by atoms with Crippen molar-refractivity contribution in [1.29, 1.82) is 0 Å². The second-order valence-electron chi connectivity index (χ2n) is 6.12. The maximum atomic E-state index is 12.4. The van der Waals surface area contributed by atoms with Gasteiger partial charge >= 0.3 is 0 Å².